The fraction of sp³-hybridized carbons (Fsp3) is 0.174. The first-order chi connectivity index (χ1) is 13.8. The minimum Gasteiger partial charge on any atom is -0.346 e. The number of nitrogens with zero attached hydrogens (tertiary/aromatic N) is 1. The molecule has 1 N–H and O–H groups in total. The molecule has 5 nitrogen and oxygen atoms in total. The molecule has 3 rings (SSSR count). The Balaban J connectivity index is 1.80. The molecule has 3 aromatic carbocycles. The summed E-state index contributed by atoms with van der Waals surface area (Å²) in [6.07, 6.45) is 0. The van der Waals surface area contributed by atoms with Gasteiger partial charge in [-0.3, -0.25) is 9.10 Å². The number of hydrogen-bond donors (Lipinski definition) is 1. The van der Waals surface area contributed by atoms with Crippen LogP contribution in [0.1, 0.15) is 34.5 Å². The second-order valence-electron chi connectivity index (χ2n) is 6.89. The standard InChI is InChI=1S/C23H24N2O3S/c1-17-16-20(23(26)24-18(2)19-10-6-4-7-11-19)14-15-22(17)25(3)29(27,28)21-12-8-5-9-13-21/h4-16,18H,1-3H3,(H,24,26). The number of carbonyl (C=O) groups is 1. The molecule has 0 aliphatic carbocycles. The average molecular weight is 409 g/mol. The predicted octanol–water partition coefficient (Wildman–Crippen LogP) is 4.31. The topological polar surface area (TPSA) is 66.5 Å². The molecule has 6 heteroatoms. The van der Waals surface area contributed by atoms with Crippen molar-refractivity contribution < 1.29 is 13.2 Å². The summed E-state index contributed by atoms with van der Waals surface area (Å²) in [5.41, 5.74) is 2.73. The van der Waals surface area contributed by atoms with E-state index in [0.29, 0.717) is 16.8 Å². The second-order valence-corrected chi connectivity index (χ2v) is 8.86. The Morgan fingerprint density at radius 2 is 1.52 bits per heavy atom. The van der Waals surface area contributed by atoms with Gasteiger partial charge in [-0.05, 0) is 55.3 Å². The normalized spacial score (nSPS) is 12.2. The van der Waals surface area contributed by atoms with Crippen LogP contribution in [0.3, 0.4) is 0 Å². The van der Waals surface area contributed by atoms with E-state index in [1.54, 1.807) is 55.5 Å². The Morgan fingerprint density at radius 3 is 2.10 bits per heavy atom. The lowest BCUT2D eigenvalue weighted by Crippen LogP contribution is -2.28. The van der Waals surface area contributed by atoms with Crippen molar-refractivity contribution in [3.05, 3.63) is 95.6 Å². The minimum atomic E-state index is -3.67. The number of sulfonamides is 1. The lowest BCUT2D eigenvalue weighted by Gasteiger charge is -2.22. The predicted molar refractivity (Wildman–Crippen MR) is 116 cm³/mol. The van der Waals surface area contributed by atoms with Crippen LogP contribution in [0.15, 0.2) is 83.8 Å². The Labute approximate surface area is 172 Å². The fourth-order valence-corrected chi connectivity index (χ4v) is 4.42. The molecule has 0 fully saturated rings. The van der Waals surface area contributed by atoms with Gasteiger partial charge in [0.05, 0.1) is 16.6 Å². The van der Waals surface area contributed by atoms with Gasteiger partial charge >= 0.3 is 0 Å². The van der Waals surface area contributed by atoms with E-state index in [1.165, 1.54) is 11.4 Å². The van der Waals surface area contributed by atoms with Gasteiger partial charge in [0.2, 0.25) is 0 Å². The molecule has 3 aromatic rings. The van der Waals surface area contributed by atoms with Gasteiger partial charge in [0, 0.05) is 12.6 Å². The highest BCUT2D eigenvalue weighted by Gasteiger charge is 2.23. The Hall–Kier alpha value is -3.12. The maximum atomic E-state index is 12.9. The van der Waals surface area contributed by atoms with E-state index in [9.17, 15) is 13.2 Å². The van der Waals surface area contributed by atoms with E-state index in [2.05, 4.69) is 5.32 Å². The third kappa shape index (κ3) is 4.49. The molecule has 0 saturated carbocycles. The third-order valence-corrected chi connectivity index (χ3v) is 6.63. The van der Waals surface area contributed by atoms with E-state index >= 15 is 0 Å². The molecular formula is C23H24N2O3S. The van der Waals surface area contributed by atoms with Crippen molar-refractivity contribution in [1.82, 2.24) is 5.32 Å². The zero-order valence-electron chi connectivity index (χ0n) is 16.7. The molecule has 0 spiro atoms. The molecule has 0 aliphatic rings. The van der Waals surface area contributed by atoms with Crippen LogP contribution in [0.25, 0.3) is 0 Å². The summed E-state index contributed by atoms with van der Waals surface area (Å²) < 4.78 is 26.9. The van der Waals surface area contributed by atoms with E-state index < -0.39 is 10.0 Å². The van der Waals surface area contributed by atoms with Crippen LogP contribution < -0.4 is 9.62 Å². The number of rotatable bonds is 6. The quantitative estimate of drug-likeness (QED) is 0.661. The summed E-state index contributed by atoms with van der Waals surface area (Å²) in [6, 6.07) is 22.9. The molecule has 150 valence electrons. The van der Waals surface area contributed by atoms with Crippen molar-refractivity contribution in [3.8, 4) is 0 Å². The van der Waals surface area contributed by atoms with Crippen molar-refractivity contribution in [1.29, 1.82) is 0 Å². The Morgan fingerprint density at radius 1 is 0.931 bits per heavy atom. The van der Waals surface area contributed by atoms with E-state index in [0.717, 1.165) is 5.56 Å². The molecule has 0 bridgehead atoms. The van der Waals surface area contributed by atoms with E-state index in [4.69, 9.17) is 0 Å². The summed E-state index contributed by atoms with van der Waals surface area (Å²) >= 11 is 0. The molecule has 0 heterocycles. The van der Waals surface area contributed by atoms with Gasteiger partial charge in [-0.1, -0.05) is 48.5 Å². The van der Waals surface area contributed by atoms with E-state index in [-0.39, 0.29) is 16.8 Å². The van der Waals surface area contributed by atoms with Crippen LogP contribution in [0.2, 0.25) is 0 Å². The van der Waals surface area contributed by atoms with Gasteiger partial charge in [0.25, 0.3) is 15.9 Å². The SMILES string of the molecule is Cc1cc(C(=O)NC(C)c2ccccc2)ccc1N(C)S(=O)(=O)c1ccccc1. The minimum absolute atomic E-state index is 0.134. The van der Waals surface area contributed by atoms with Gasteiger partial charge in [-0.25, -0.2) is 8.42 Å². The van der Waals surface area contributed by atoms with Gasteiger partial charge in [-0.15, -0.1) is 0 Å². The summed E-state index contributed by atoms with van der Waals surface area (Å²) in [5.74, 6) is -0.204. The van der Waals surface area contributed by atoms with Crippen molar-refractivity contribution in [3.63, 3.8) is 0 Å². The maximum Gasteiger partial charge on any atom is 0.264 e. The Bertz CT molecular complexity index is 1100. The number of hydrogen-bond acceptors (Lipinski definition) is 3. The summed E-state index contributed by atoms with van der Waals surface area (Å²) in [6.45, 7) is 3.72. The average Bonchev–Trinajstić information content (AvgIpc) is 2.74. The molecule has 0 radical (unpaired) electrons. The Kier molecular flexibility index (Phi) is 6.03. The zero-order chi connectivity index (χ0) is 21.0. The zero-order valence-corrected chi connectivity index (χ0v) is 17.5. The highest BCUT2D eigenvalue weighted by molar-refractivity contribution is 7.92. The molecule has 1 unspecified atom stereocenters. The summed E-state index contributed by atoms with van der Waals surface area (Å²) in [5, 5.41) is 2.97. The van der Waals surface area contributed by atoms with Gasteiger partial charge in [0.15, 0.2) is 0 Å². The highest BCUT2D eigenvalue weighted by atomic mass is 32.2. The largest absolute Gasteiger partial charge is 0.346 e. The van der Waals surface area contributed by atoms with Crippen molar-refractivity contribution >= 4 is 21.6 Å². The first-order valence-electron chi connectivity index (χ1n) is 9.31. The number of benzene rings is 3. The molecular weight excluding hydrogens is 384 g/mol. The van der Waals surface area contributed by atoms with Gasteiger partial charge < -0.3 is 5.32 Å². The monoisotopic (exact) mass is 408 g/mol. The van der Waals surface area contributed by atoms with Gasteiger partial charge in [0.1, 0.15) is 0 Å². The number of carbonyl (C=O) groups excluding carboxylic acids is 1. The fourth-order valence-electron chi connectivity index (χ4n) is 3.14. The molecule has 0 saturated heterocycles. The molecule has 29 heavy (non-hydrogen) atoms. The lowest BCUT2D eigenvalue weighted by atomic mass is 10.1. The van der Waals surface area contributed by atoms with E-state index in [1.807, 2.05) is 37.3 Å². The summed E-state index contributed by atoms with van der Waals surface area (Å²) in [7, 11) is -2.15. The first kappa shape index (κ1) is 20.6. The smallest absolute Gasteiger partial charge is 0.264 e. The van der Waals surface area contributed by atoms with Crippen LogP contribution in [0, 0.1) is 6.92 Å². The molecule has 0 aromatic heterocycles. The molecule has 1 amide bonds. The van der Waals surface area contributed by atoms with Crippen molar-refractivity contribution in [2.45, 2.75) is 24.8 Å². The van der Waals surface area contributed by atoms with Crippen molar-refractivity contribution in [2.75, 3.05) is 11.4 Å². The van der Waals surface area contributed by atoms with Crippen molar-refractivity contribution in [2.24, 2.45) is 0 Å². The summed E-state index contributed by atoms with van der Waals surface area (Å²) in [4.78, 5) is 12.9. The van der Waals surface area contributed by atoms with Crippen LogP contribution in [-0.2, 0) is 10.0 Å². The number of nitrogens with one attached hydrogen (secondary N) is 1. The molecule has 0 aliphatic heterocycles. The van der Waals surface area contributed by atoms with Crippen LogP contribution in [-0.4, -0.2) is 21.4 Å². The first-order valence-corrected chi connectivity index (χ1v) is 10.7. The number of anilines is 1. The van der Waals surface area contributed by atoms with Crippen LogP contribution in [0.5, 0.6) is 0 Å². The molecule has 1 atom stereocenters. The van der Waals surface area contributed by atoms with Crippen LogP contribution >= 0.6 is 0 Å². The van der Waals surface area contributed by atoms with Crippen LogP contribution in [0.4, 0.5) is 5.69 Å². The number of aryl methyl sites for hydroxylation is 1. The number of amides is 1. The lowest BCUT2D eigenvalue weighted by molar-refractivity contribution is 0.0940. The second kappa shape index (κ2) is 8.49. The van der Waals surface area contributed by atoms with Gasteiger partial charge in [-0.2, -0.15) is 0 Å². The maximum absolute atomic E-state index is 12.9. The third-order valence-electron chi connectivity index (χ3n) is 4.85. The highest BCUT2D eigenvalue weighted by Crippen LogP contribution is 2.26.